The lowest BCUT2D eigenvalue weighted by atomic mass is 9.95. The van der Waals surface area contributed by atoms with Crippen molar-refractivity contribution >= 4 is 11.8 Å². The maximum absolute atomic E-state index is 13.8. The van der Waals surface area contributed by atoms with Gasteiger partial charge in [-0.15, -0.1) is 0 Å². The van der Waals surface area contributed by atoms with E-state index >= 15 is 0 Å². The first kappa shape index (κ1) is 18.5. The Morgan fingerprint density at radius 2 is 1.93 bits per heavy atom. The van der Waals surface area contributed by atoms with E-state index in [0.717, 1.165) is 25.0 Å². The molecule has 1 aliphatic heterocycles. The van der Waals surface area contributed by atoms with Crippen molar-refractivity contribution in [2.45, 2.75) is 38.1 Å². The summed E-state index contributed by atoms with van der Waals surface area (Å²) in [7, 11) is 0. The van der Waals surface area contributed by atoms with Crippen LogP contribution in [0.2, 0.25) is 0 Å². The lowest BCUT2D eigenvalue weighted by molar-refractivity contribution is -0.126. The van der Waals surface area contributed by atoms with Crippen molar-refractivity contribution in [2.75, 3.05) is 13.1 Å². The molecule has 4 rings (SSSR count). The van der Waals surface area contributed by atoms with E-state index in [4.69, 9.17) is 4.52 Å². The largest absolute Gasteiger partial charge is 0.347 e. The lowest BCUT2D eigenvalue weighted by Crippen LogP contribution is -2.43. The summed E-state index contributed by atoms with van der Waals surface area (Å²) in [5, 5.41) is 6.70. The second kappa shape index (κ2) is 7.65. The smallest absolute Gasteiger partial charge is 0.256 e. The topological polar surface area (TPSA) is 88.3 Å². The maximum atomic E-state index is 13.8. The molecule has 2 fully saturated rings. The normalized spacial score (nSPS) is 17.6. The molecular weight excluding hydrogens is 370 g/mol. The van der Waals surface area contributed by atoms with E-state index in [1.54, 1.807) is 0 Å². The van der Waals surface area contributed by atoms with Crippen molar-refractivity contribution in [3.05, 3.63) is 47.1 Å². The Morgan fingerprint density at radius 3 is 2.61 bits per heavy atom. The highest BCUT2D eigenvalue weighted by atomic mass is 19.1. The Labute approximate surface area is 160 Å². The number of nitrogens with one attached hydrogen (secondary N) is 1. The molecule has 1 aromatic carbocycles. The number of amides is 2. The first-order valence-corrected chi connectivity index (χ1v) is 9.36. The molecule has 0 spiro atoms. The second-order valence-electron chi connectivity index (χ2n) is 7.23. The minimum absolute atomic E-state index is 0.133. The van der Waals surface area contributed by atoms with Gasteiger partial charge in [-0.05, 0) is 37.8 Å². The average molecular weight is 390 g/mol. The summed E-state index contributed by atoms with van der Waals surface area (Å²) in [6.07, 6.45) is 3.09. The predicted octanol–water partition coefficient (Wildman–Crippen LogP) is 2.39. The van der Waals surface area contributed by atoms with Crippen molar-refractivity contribution < 1.29 is 22.9 Å². The summed E-state index contributed by atoms with van der Waals surface area (Å²) in [5.74, 6) is -1.00. The Balaban J connectivity index is 1.27. The van der Waals surface area contributed by atoms with Gasteiger partial charge in [0, 0.05) is 31.0 Å². The number of piperidine rings is 1. The third-order valence-electron chi connectivity index (χ3n) is 5.15. The number of rotatable bonds is 5. The molecule has 1 saturated heterocycles. The van der Waals surface area contributed by atoms with Crippen molar-refractivity contribution in [1.82, 2.24) is 20.4 Å². The number of hydrogen-bond donors (Lipinski definition) is 1. The number of hydrogen-bond acceptors (Lipinski definition) is 5. The van der Waals surface area contributed by atoms with Crippen LogP contribution in [0.3, 0.4) is 0 Å². The fraction of sp³-hybridized carbons (Fsp3) is 0.474. The molecule has 28 heavy (non-hydrogen) atoms. The first-order valence-electron chi connectivity index (χ1n) is 9.36. The van der Waals surface area contributed by atoms with Gasteiger partial charge in [0.05, 0.1) is 12.1 Å². The summed E-state index contributed by atoms with van der Waals surface area (Å²) < 4.78 is 31.9. The number of nitrogens with zero attached hydrogens (tertiary/aromatic N) is 3. The van der Waals surface area contributed by atoms with E-state index in [0.29, 0.717) is 49.6 Å². The number of likely N-dealkylation sites (tertiary alicyclic amines) is 1. The van der Waals surface area contributed by atoms with Crippen LogP contribution in [0.5, 0.6) is 0 Å². The van der Waals surface area contributed by atoms with Gasteiger partial charge >= 0.3 is 0 Å². The second-order valence-corrected chi connectivity index (χ2v) is 7.23. The van der Waals surface area contributed by atoms with E-state index in [1.165, 1.54) is 4.90 Å². The fourth-order valence-electron chi connectivity index (χ4n) is 3.33. The zero-order chi connectivity index (χ0) is 19.7. The molecule has 1 saturated carbocycles. The van der Waals surface area contributed by atoms with Gasteiger partial charge in [-0.2, -0.15) is 4.98 Å². The molecule has 0 atom stereocenters. The summed E-state index contributed by atoms with van der Waals surface area (Å²) in [6, 6.07) is 2.90. The molecule has 2 aromatic rings. The highest BCUT2D eigenvalue weighted by Crippen LogP contribution is 2.38. The quantitative estimate of drug-likeness (QED) is 0.847. The Morgan fingerprint density at radius 1 is 1.18 bits per heavy atom. The Bertz CT molecular complexity index is 889. The van der Waals surface area contributed by atoms with Gasteiger partial charge in [0.15, 0.2) is 5.82 Å². The summed E-state index contributed by atoms with van der Waals surface area (Å²) in [5.41, 5.74) is -0.160. The molecule has 0 radical (unpaired) electrons. The summed E-state index contributed by atoms with van der Waals surface area (Å²) in [6.45, 7) is 0.846. The Kier molecular flexibility index (Phi) is 5.06. The third kappa shape index (κ3) is 4.02. The number of carbonyl (C=O) groups excluding carboxylic acids is 2. The number of halogens is 2. The van der Waals surface area contributed by atoms with Crippen LogP contribution < -0.4 is 5.32 Å². The maximum Gasteiger partial charge on any atom is 0.256 e. The molecule has 0 unspecified atom stereocenters. The summed E-state index contributed by atoms with van der Waals surface area (Å²) in [4.78, 5) is 30.5. The zero-order valence-electron chi connectivity index (χ0n) is 15.2. The van der Waals surface area contributed by atoms with Crippen molar-refractivity contribution in [3.8, 4) is 0 Å². The van der Waals surface area contributed by atoms with E-state index in [1.807, 2.05) is 0 Å². The van der Waals surface area contributed by atoms with Crippen LogP contribution in [0.4, 0.5) is 8.78 Å². The predicted molar refractivity (Wildman–Crippen MR) is 93.1 cm³/mol. The van der Waals surface area contributed by atoms with Crippen LogP contribution >= 0.6 is 0 Å². The Hall–Kier alpha value is -2.84. The standard InChI is InChI=1S/C19H20F2N4O3/c20-13-3-4-14(15(21)9-13)19(27)25-7-5-12(6-8-25)18(26)22-10-16-23-17(24-28-16)11-1-2-11/h3-4,9,11-12H,1-2,5-8,10H2,(H,22,26). The molecule has 148 valence electrons. The third-order valence-corrected chi connectivity index (χ3v) is 5.15. The van der Waals surface area contributed by atoms with Gasteiger partial charge in [-0.25, -0.2) is 8.78 Å². The molecule has 9 heteroatoms. The van der Waals surface area contributed by atoms with Crippen LogP contribution in [-0.2, 0) is 11.3 Å². The molecule has 2 aliphatic rings. The highest BCUT2D eigenvalue weighted by Gasteiger charge is 2.30. The number of aromatic nitrogens is 2. The molecule has 1 aromatic heterocycles. The van der Waals surface area contributed by atoms with Gasteiger partial charge in [0.25, 0.3) is 5.91 Å². The van der Waals surface area contributed by atoms with Crippen LogP contribution in [-0.4, -0.2) is 39.9 Å². The molecule has 1 aliphatic carbocycles. The molecule has 2 amide bonds. The molecule has 7 nitrogen and oxygen atoms in total. The molecule has 1 N–H and O–H groups in total. The monoisotopic (exact) mass is 390 g/mol. The first-order chi connectivity index (χ1) is 13.5. The van der Waals surface area contributed by atoms with E-state index in [9.17, 15) is 18.4 Å². The van der Waals surface area contributed by atoms with Crippen molar-refractivity contribution in [1.29, 1.82) is 0 Å². The average Bonchev–Trinajstić information content (AvgIpc) is 3.44. The SMILES string of the molecule is O=C(NCc1nc(C2CC2)no1)C1CCN(C(=O)c2ccc(F)cc2F)CC1. The number of benzene rings is 1. The zero-order valence-corrected chi connectivity index (χ0v) is 15.2. The van der Waals surface area contributed by atoms with Crippen LogP contribution in [0.1, 0.15) is 53.7 Å². The van der Waals surface area contributed by atoms with Crippen LogP contribution in [0.25, 0.3) is 0 Å². The van der Waals surface area contributed by atoms with Gasteiger partial charge < -0.3 is 14.7 Å². The van der Waals surface area contributed by atoms with Crippen LogP contribution in [0.15, 0.2) is 22.7 Å². The van der Waals surface area contributed by atoms with Crippen molar-refractivity contribution in [3.63, 3.8) is 0 Å². The van der Waals surface area contributed by atoms with E-state index in [2.05, 4.69) is 15.5 Å². The number of carbonyl (C=O) groups is 2. The van der Waals surface area contributed by atoms with Gasteiger partial charge in [0.1, 0.15) is 11.6 Å². The molecule has 2 heterocycles. The lowest BCUT2D eigenvalue weighted by Gasteiger charge is -2.31. The van der Waals surface area contributed by atoms with Gasteiger partial charge in [0.2, 0.25) is 11.8 Å². The van der Waals surface area contributed by atoms with Crippen LogP contribution in [0, 0.1) is 17.6 Å². The van der Waals surface area contributed by atoms with Gasteiger partial charge in [-0.1, -0.05) is 5.16 Å². The van der Waals surface area contributed by atoms with Gasteiger partial charge in [-0.3, -0.25) is 9.59 Å². The fourth-order valence-corrected chi connectivity index (χ4v) is 3.33. The summed E-state index contributed by atoms with van der Waals surface area (Å²) >= 11 is 0. The molecular formula is C19H20F2N4O3. The molecule has 0 bridgehead atoms. The minimum Gasteiger partial charge on any atom is -0.347 e. The highest BCUT2D eigenvalue weighted by molar-refractivity contribution is 5.94. The van der Waals surface area contributed by atoms with Crippen molar-refractivity contribution in [2.24, 2.45) is 5.92 Å². The minimum atomic E-state index is -0.880. The van der Waals surface area contributed by atoms with E-state index in [-0.39, 0.29) is 23.9 Å². The van der Waals surface area contributed by atoms with E-state index < -0.39 is 17.5 Å².